The molecule has 0 aliphatic carbocycles. The smallest absolute Gasteiger partial charge is 0.246 e. The van der Waals surface area contributed by atoms with Crippen molar-refractivity contribution in [3.8, 4) is 0 Å². The molecule has 1 aromatic heterocycles. The Morgan fingerprint density at radius 2 is 2.14 bits per heavy atom. The van der Waals surface area contributed by atoms with Crippen LogP contribution < -0.4 is 0 Å². The summed E-state index contributed by atoms with van der Waals surface area (Å²) in [6, 6.07) is 7.79. The zero-order valence-corrected chi connectivity index (χ0v) is 13.6. The van der Waals surface area contributed by atoms with Crippen LogP contribution in [0.5, 0.6) is 0 Å². The highest BCUT2D eigenvalue weighted by Crippen LogP contribution is 2.16. The van der Waals surface area contributed by atoms with Gasteiger partial charge in [-0.15, -0.1) is 11.6 Å². The van der Waals surface area contributed by atoms with Crippen LogP contribution >= 0.6 is 11.6 Å². The van der Waals surface area contributed by atoms with E-state index in [1.807, 2.05) is 31.2 Å². The molecule has 114 valence electrons. The fourth-order valence-electron chi connectivity index (χ4n) is 2.02. The highest BCUT2D eigenvalue weighted by atomic mass is 35.5. The molecule has 0 saturated heterocycles. The molecule has 0 amide bonds. The second-order valence-electron chi connectivity index (χ2n) is 4.88. The van der Waals surface area contributed by atoms with Crippen LogP contribution in [0.25, 0.3) is 0 Å². The van der Waals surface area contributed by atoms with Crippen LogP contribution in [0.3, 0.4) is 0 Å². The molecular formula is C14H18ClN3O2S. The average Bonchev–Trinajstić information content (AvgIpc) is 2.88. The zero-order chi connectivity index (χ0) is 15.5. The van der Waals surface area contributed by atoms with Crippen LogP contribution in [0, 0.1) is 6.92 Å². The van der Waals surface area contributed by atoms with Crippen molar-refractivity contribution in [2.75, 3.05) is 12.9 Å². The lowest BCUT2D eigenvalue weighted by Gasteiger charge is -2.16. The van der Waals surface area contributed by atoms with Crippen molar-refractivity contribution in [3.63, 3.8) is 0 Å². The topological polar surface area (TPSA) is 55.2 Å². The maximum Gasteiger partial charge on any atom is 0.246 e. The van der Waals surface area contributed by atoms with Crippen LogP contribution in [-0.4, -0.2) is 35.4 Å². The second-order valence-corrected chi connectivity index (χ2v) is 7.30. The van der Waals surface area contributed by atoms with Gasteiger partial charge < -0.3 is 0 Å². The van der Waals surface area contributed by atoms with E-state index < -0.39 is 10.0 Å². The SMILES string of the molecule is Cc1cccc(CN(C)S(=O)(=O)c2cnn(CCCl)c2)c1. The van der Waals surface area contributed by atoms with Gasteiger partial charge in [0.2, 0.25) is 10.0 Å². The van der Waals surface area contributed by atoms with Gasteiger partial charge in [0.15, 0.2) is 0 Å². The summed E-state index contributed by atoms with van der Waals surface area (Å²) in [5.74, 6) is 0.389. The van der Waals surface area contributed by atoms with Crippen LogP contribution in [0.15, 0.2) is 41.6 Å². The third-order valence-electron chi connectivity index (χ3n) is 3.12. The molecule has 0 radical (unpaired) electrons. The Kier molecular flexibility index (Phi) is 5.03. The van der Waals surface area contributed by atoms with Gasteiger partial charge in [0.25, 0.3) is 0 Å². The summed E-state index contributed by atoms with van der Waals surface area (Å²) in [4.78, 5) is 0.183. The van der Waals surface area contributed by atoms with E-state index in [0.717, 1.165) is 11.1 Å². The molecule has 0 unspecified atom stereocenters. The van der Waals surface area contributed by atoms with E-state index in [1.54, 1.807) is 7.05 Å². The zero-order valence-electron chi connectivity index (χ0n) is 12.0. The van der Waals surface area contributed by atoms with Crippen molar-refractivity contribution in [3.05, 3.63) is 47.8 Å². The largest absolute Gasteiger partial charge is 0.270 e. The van der Waals surface area contributed by atoms with Crippen molar-refractivity contribution < 1.29 is 8.42 Å². The average molecular weight is 328 g/mol. The lowest BCUT2D eigenvalue weighted by molar-refractivity contribution is 0.466. The molecule has 0 aliphatic rings. The molecule has 0 atom stereocenters. The van der Waals surface area contributed by atoms with E-state index in [9.17, 15) is 8.42 Å². The minimum atomic E-state index is -3.54. The molecule has 0 N–H and O–H groups in total. The van der Waals surface area contributed by atoms with Crippen molar-refractivity contribution in [1.29, 1.82) is 0 Å². The van der Waals surface area contributed by atoms with Crippen molar-refractivity contribution in [1.82, 2.24) is 14.1 Å². The van der Waals surface area contributed by atoms with Crippen LogP contribution in [0.4, 0.5) is 0 Å². The number of hydrogen-bond acceptors (Lipinski definition) is 3. The molecule has 0 saturated carbocycles. The molecule has 5 nitrogen and oxygen atoms in total. The maximum atomic E-state index is 12.5. The molecule has 2 aromatic rings. The van der Waals surface area contributed by atoms with Gasteiger partial charge in [-0.05, 0) is 12.5 Å². The third-order valence-corrected chi connectivity index (χ3v) is 5.04. The second kappa shape index (κ2) is 6.60. The van der Waals surface area contributed by atoms with Gasteiger partial charge in [-0.3, -0.25) is 4.68 Å². The number of benzene rings is 1. The molecule has 2 rings (SSSR count). The van der Waals surface area contributed by atoms with Crippen LogP contribution in [0.1, 0.15) is 11.1 Å². The standard InChI is InChI=1S/C14H18ClN3O2S/c1-12-4-3-5-13(8-12)10-17(2)21(19,20)14-9-16-18(11-14)7-6-15/h3-5,8-9,11H,6-7,10H2,1-2H3. The first-order chi connectivity index (χ1) is 9.93. The van der Waals surface area contributed by atoms with E-state index in [-0.39, 0.29) is 4.90 Å². The Morgan fingerprint density at radius 3 is 2.81 bits per heavy atom. The van der Waals surface area contributed by atoms with Gasteiger partial charge in [-0.25, -0.2) is 8.42 Å². The van der Waals surface area contributed by atoms with Gasteiger partial charge in [0, 0.05) is 25.7 Å². The number of nitrogens with zero attached hydrogens (tertiary/aromatic N) is 3. The number of alkyl halides is 1. The molecule has 0 bridgehead atoms. The van der Waals surface area contributed by atoms with Gasteiger partial charge in [-0.1, -0.05) is 29.8 Å². The lowest BCUT2D eigenvalue weighted by atomic mass is 10.1. The lowest BCUT2D eigenvalue weighted by Crippen LogP contribution is -2.26. The highest BCUT2D eigenvalue weighted by Gasteiger charge is 2.22. The Hall–Kier alpha value is -1.37. The number of hydrogen-bond donors (Lipinski definition) is 0. The summed E-state index contributed by atoms with van der Waals surface area (Å²) >= 11 is 5.62. The summed E-state index contributed by atoms with van der Waals surface area (Å²) in [6.45, 7) is 2.79. The van der Waals surface area contributed by atoms with E-state index in [1.165, 1.54) is 21.4 Å². The van der Waals surface area contributed by atoms with E-state index in [0.29, 0.717) is 19.0 Å². The van der Waals surface area contributed by atoms with Crippen molar-refractivity contribution >= 4 is 21.6 Å². The number of aromatic nitrogens is 2. The highest BCUT2D eigenvalue weighted by molar-refractivity contribution is 7.89. The van der Waals surface area contributed by atoms with Gasteiger partial charge in [0.1, 0.15) is 4.90 Å². The van der Waals surface area contributed by atoms with Crippen molar-refractivity contribution in [2.24, 2.45) is 0 Å². The number of sulfonamides is 1. The minimum Gasteiger partial charge on any atom is -0.270 e. The number of aryl methyl sites for hydroxylation is 2. The summed E-state index contributed by atoms with van der Waals surface area (Å²) in [5.41, 5.74) is 2.06. The quantitative estimate of drug-likeness (QED) is 0.765. The normalized spacial score (nSPS) is 12.0. The summed E-state index contributed by atoms with van der Waals surface area (Å²) in [6.07, 6.45) is 2.86. The van der Waals surface area contributed by atoms with Gasteiger partial charge in [-0.2, -0.15) is 9.40 Å². The first kappa shape index (κ1) is 16.0. The molecule has 21 heavy (non-hydrogen) atoms. The van der Waals surface area contributed by atoms with Crippen LogP contribution in [0.2, 0.25) is 0 Å². The maximum absolute atomic E-state index is 12.5. The van der Waals surface area contributed by atoms with Gasteiger partial charge >= 0.3 is 0 Å². The van der Waals surface area contributed by atoms with Gasteiger partial charge in [0.05, 0.1) is 12.7 Å². The summed E-state index contributed by atoms with van der Waals surface area (Å²) < 4.78 is 27.8. The minimum absolute atomic E-state index is 0.183. The monoisotopic (exact) mass is 327 g/mol. The van der Waals surface area contributed by atoms with Crippen LogP contribution in [-0.2, 0) is 23.1 Å². The Morgan fingerprint density at radius 1 is 1.38 bits per heavy atom. The van der Waals surface area contributed by atoms with E-state index >= 15 is 0 Å². The molecule has 0 fully saturated rings. The van der Waals surface area contributed by atoms with E-state index in [2.05, 4.69) is 5.10 Å². The van der Waals surface area contributed by atoms with E-state index in [4.69, 9.17) is 11.6 Å². The molecule has 7 heteroatoms. The molecule has 0 aliphatic heterocycles. The molecule has 0 spiro atoms. The Labute approximate surface area is 130 Å². The first-order valence-electron chi connectivity index (χ1n) is 6.54. The fourth-order valence-corrected chi connectivity index (χ4v) is 3.31. The predicted molar refractivity (Wildman–Crippen MR) is 82.8 cm³/mol. The number of halogens is 1. The third kappa shape index (κ3) is 3.84. The molecule has 1 aromatic carbocycles. The summed E-state index contributed by atoms with van der Waals surface area (Å²) in [5, 5.41) is 4.00. The molecular weight excluding hydrogens is 310 g/mol. The first-order valence-corrected chi connectivity index (χ1v) is 8.51. The number of rotatable bonds is 6. The summed E-state index contributed by atoms with van der Waals surface area (Å²) in [7, 11) is -1.97. The molecule has 1 heterocycles. The Bertz CT molecular complexity index is 713. The Balaban J connectivity index is 2.17. The predicted octanol–water partition coefficient (Wildman–Crippen LogP) is 2.25. The van der Waals surface area contributed by atoms with Crippen molar-refractivity contribution in [2.45, 2.75) is 24.9 Å². The fraction of sp³-hybridized carbons (Fsp3) is 0.357.